The largest absolute Gasteiger partial charge is 0.490 e. The molecule has 0 aliphatic heterocycles. The van der Waals surface area contributed by atoms with Crippen LogP contribution in [0.1, 0.15) is 5.56 Å². The topological polar surface area (TPSA) is 51.9 Å². The number of rotatable bonds is 7. The van der Waals surface area contributed by atoms with Crippen molar-refractivity contribution in [3.8, 4) is 11.5 Å². The zero-order chi connectivity index (χ0) is 18.2. The lowest BCUT2D eigenvalue weighted by molar-refractivity contribution is 0.217. The standard InChI is InChI=1S/C20H22N4O2/c1-23(2)22-20(24-13-12-21-16-24)18-10-6-7-11-19(18)26-15-14-25-17-8-4-3-5-9-17/h3-13,16H,14-15H2,1-2H3/b22-20-. The van der Waals surface area contributed by atoms with Gasteiger partial charge in [-0.3, -0.25) is 4.57 Å². The molecule has 6 nitrogen and oxygen atoms in total. The van der Waals surface area contributed by atoms with Crippen molar-refractivity contribution in [2.75, 3.05) is 27.3 Å². The van der Waals surface area contributed by atoms with Crippen LogP contribution in [0.5, 0.6) is 11.5 Å². The minimum absolute atomic E-state index is 0.436. The van der Waals surface area contributed by atoms with Crippen LogP contribution in [-0.4, -0.2) is 47.7 Å². The Labute approximate surface area is 153 Å². The molecule has 0 atom stereocenters. The number of hydrogen-bond acceptors (Lipinski definition) is 5. The number of benzene rings is 2. The van der Waals surface area contributed by atoms with Gasteiger partial charge in [0, 0.05) is 26.5 Å². The first kappa shape index (κ1) is 17.5. The fraction of sp³-hybridized carbons (Fsp3) is 0.200. The number of para-hydroxylation sites is 2. The molecule has 0 bridgehead atoms. The summed E-state index contributed by atoms with van der Waals surface area (Å²) in [6.07, 6.45) is 5.30. The maximum atomic E-state index is 5.96. The minimum atomic E-state index is 0.436. The summed E-state index contributed by atoms with van der Waals surface area (Å²) in [6.45, 7) is 0.897. The number of aromatic nitrogens is 2. The molecule has 3 rings (SSSR count). The summed E-state index contributed by atoms with van der Waals surface area (Å²) in [4.78, 5) is 4.12. The van der Waals surface area contributed by atoms with E-state index in [0.717, 1.165) is 22.9 Å². The predicted molar refractivity (Wildman–Crippen MR) is 102 cm³/mol. The predicted octanol–water partition coefficient (Wildman–Crippen LogP) is 3.11. The fourth-order valence-electron chi connectivity index (χ4n) is 2.42. The molecule has 2 aromatic carbocycles. The van der Waals surface area contributed by atoms with Crippen LogP contribution in [0.3, 0.4) is 0 Å². The van der Waals surface area contributed by atoms with Gasteiger partial charge in [-0.05, 0) is 24.3 Å². The quantitative estimate of drug-likeness (QED) is 0.284. The molecule has 0 unspecified atom stereocenters. The molecule has 26 heavy (non-hydrogen) atoms. The highest BCUT2D eigenvalue weighted by Gasteiger charge is 2.13. The van der Waals surface area contributed by atoms with Crippen molar-refractivity contribution in [2.45, 2.75) is 0 Å². The van der Waals surface area contributed by atoms with Gasteiger partial charge in [-0.2, -0.15) is 5.10 Å². The molecule has 0 radical (unpaired) electrons. The number of ether oxygens (including phenoxy) is 2. The summed E-state index contributed by atoms with van der Waals surface area (Å²) in [7, 11) is 3.77. The molecule has 0 saturated carbocycles. The van der Waals surface area contributed by atoms with E-state index in [-0.39, 0.29) is 0 Å². The molecule has 3 aromatic rings. The Morgan fingerprint density at radius 1 is 1.00 bits per heavy atom. The molecule has 0 spiro atoms. The summed E-state index contributed by atoms with van der Waals surface area (Å²) < 4.78 is 13.5. The van der Waals surface area contributed by atoms with Crippen LogP contribution >= 0.6 is 0 Å². The van der Waals surface area contributed by atoms with Crippen LogP contribution in [0.15, 0.2) is 78.4 Å². The van der Waals surface area contributed by atoms with Crippen LogP contribution in [-0.2, 0) is 0 Å². The normalized spacial score (nSPS) is 11.2. The van der Waals surface area contributed by atoms with E-state index >= 15 is 0 Å². The molecule has 0 N–H and O–H groups in total. The Hall–Kier alpha value is -3.28. The van der Waals surface area contributed by atoms with Crippen molar-refractivity contribution in [1.29, 1.82) is 0 Å². The van der Waals surface area contributed by atoms with Crippen molar-refractivity contribution in [2.24, 2.45) is 5.10 Å². The van der Waals surface area contributed by atoms with E-state index in [4.69, 9.17) is 9.47 Å². The second-order valence-corrected chi connectivity index (χ2v) is 5.75. The third-order valence-corrected chi connectivity index (χ3v) is 3.52. The third-order valence-electron chi connectivity index (χ3n) is 3.52. The van der Waals surface area contributed by atoms with E-state index in [1.807, 2.05) is 79.5 Å². The van der Waals surface area contributed by atoms with E-state index in [0.29, 0.717) is 13.2 Å². The molecular formula is C20H22N4O2. The Balaban J connectivity index is 1.72. The molecule has 1 aromatic heterocycles. The first-order valence-corrected chi connectivity index (χ1v) is 8.38. The average Bonchev–Trinajstić information content (AvgIpc) is 3.19. The molecule has 0 aliphatic carbocycles. The molecular weight excluding hydrogens is 328 g/mol. The average molecular weight is 350 g/mol. The zero-order valence-electron chi connectivity index (χ0n) is 14.9. The number of hydrazone groups is 1. The van der Waals surface area contributed by atoms with Gasteiger partial charge in [-0.25, -0.2) is 4.98 Å². The maximum absolute atomic E-state index is 5.96. The van der Waals surface area contributed by atoms with E-state index in [1.165, 1.54) is 0 Å². The van der Waals surface area contributed by atoms with E-state index < -0.39 is 0 Å². The van der Waals surface area contributed by atoms with E-state index in [2.05, 4.69) is 10.1 Å². The van der Waals surface area contributed by atoms with Gasteiger partial charge >= 0.3 is 0 Å². The molecule has 0 amide bonds. The monoisotopic (exact) mass is 350 g/mol. The number of hydrogen-bond donors (Lipinski definition) is 0. The summed E-state index contributed by atoms with van der Waals surface area (Å²) in [5.41, 5.74) is 0.888. The second kappa shape index (κ2) is 8.71. The van der Waals surface area contributed by atoms with Crippen LogP contribution in [0.25, 0.3) is 0 Å². The summed E-state index contributed by atoms with van der Waals surface area (Å²) in [5, 5.41) is 6.34. The Morgan fingerprint density at radius 2 is 1.73 bits per heavy atom. The van der Waals surface area contributed by atoms with Crippen molar-refractivity contribution >= 4 is 5.84 Å². The van der Waals surface area contributed by atoms with Gasteiger partial charge in [0.25, 0.3) is 0 Å². The van der Waals surface area contributed by atoms with E-state index in [1.54, 1.807) is 17.5 Å². The van der Waals surface area contributed by atoms with Crippen molar-refractivity contribution < 1.29 is 9.47 Å². The van der Waals surface area contributed by atoms with Gasteiger partial charge in [0.15, 0.2) is 5.84 Å². The molecule has 0 fully saturated rings. The van der Waals surface area contributed by atoms with Crippen LogP contribution < -0.4 is 9.47 Å². The number of nitrogens with zero attached hydrogens (tertiary/aromatic N) is 4. The first-order valence-electron chi connectivity index (χ1n) is 8.38. The number of imidazole rings is 1. The van der Waals surface area contributed by atoms with Gasteiger partial charge in [0.2, 0.25) is 0 Å². The Morgan fingerprint density at radius 3 is 2.46 bits per heavy atom. The fourth-order valence-corrected chi connectivity index (χ4v) is 2.42. The summed E-state index contributed by atoms with van der Waals surface area (Å²) in [6, 6.07) is 17.5. The van der Waals surface area contributed by atoms with Crippen molar-refractivity contribution in [3.63, 3.8) is 0 Å². The molecule has 1 heterocycles. The highest BCUT2D eigenvalue weighted by Crippen LogP contribution is 2.20. The first-order chi connectivity index (χ1) is 12.7. The van der Waals surface area contributed by atoms with Gasteiger partial charge < -0.3 is 14.5 Å². The lowest BCUT2D eigenvalue weighted by Crippen LogP contribution is -2.19. The minimum Gasteiger partial charge on any atom is -0.490 e. The SMILES string of the molecule is CN(C)/N=C(/c1ccccc1OCCOc1ccccc1)n1ccnc1. The lowest BCUT2D eigenvalue weighted by Gasteiger charge is -2.16. The van der Waals surface area contributed by atoms with Crippen LogP contribution in [0, 0.1) is 0 Å². The van der Waals surface area contributed by atoms with Crippen molar-refractivity contribution in [1.82, 2.24) is 14.6 Å². The van der Waals surface area contributed by atoms with Crippen LogP contribution in [0.4, 0.5) is 0 Å². The van der Waals surface area contributed by atoms with Gasteiger partial charge in [0.05, 0.1) is 5.56 Å². The van der Waals surface area contributed by atoms with E-state index in [9.17, 15) is 0 Å². The van der Waals surface area contributed by atoms with Gasteiger partial charge in [-0.15, -0.1) is 0 Å². The molecule has 0 aliphatic rings. The smallest absolute Gasteiger partial charge is 0.168 e. The van der Waals surface area contributed by atoms with Gasteiger partial charge in [-0.1, -0.05) is 30.3 Å². The van der Waals surface area contributed by atoms with Gasteiger partial charge in [0.1, 0.15) is 31.0 Å². The summed E-state index contributed by atoms with van der Waals surface area (Å²) >= 11 is 0. The van der Waals surface area contributed by atoms with Crippen molar-refractivity contribution in [3.05, 3.63) is 78.9 Å². The highest BCUT2D eigenvalue weighted by atomic mass is 16.5. The summed E-state index contributed by atoms with van der Waals surface area (Å²) in [5.74, 6) is 2.32. The molecule has 0 saturated heterocycles. The Bertz CT molecular complexity index is 830. The molecule has 6 heteroatoms. The third kappa shape index (κ3) is 4.63. The zero-order valence-corrected chi connectivity index (χ0v) is 14.9. The molecule has 134 valence electrons. The Kier molecular flexibility index (Phi) is 5.88. The second-order valence-electron chi connectivity index (χ2n) is 5.75. The highest BCUT2D eigenvalue weighted by molar-refractivity contribution is 6.02. The van der Waals surface area contributed by atoms with Crippen LogP contribution in [0.2, 0.25) is 0 Å². The maximum Gasteiger partial charge on any atom is 0.168 e. The lowest BCUT2D eigenvalue weighted by atomic mass is 10.2.